The van der Waals surface area contributed by atoms with E-state index in [1.54, 1.807) is 0 Å². The third-order valence-electron chi connectivity index (χ3n) is 5.08. The number of hydrogen-bond donors (Lipinski definition) is 1. The Bertz CT molecular complexity index is 344. The molecule has 0 radical (unpaired) electrons. The van der Waals surface area contributed by atoms with E-state index in [4.69, 9.17) is 0 Å². The first-order valence-corrected chi connectivity index (χ1v) is 7.45. The molecule has 0 bridgehead atoms. The molecule has 18 heavy (non-hydrogen) atoms. The molecule has 3 aliphatic rings. The summed E-state index contributed by atoms with van der Waals surface area (Å²) in [6.45, 7) is 0. The van der Waals surface area contributed by atoms with Crippen LogP contribution >= 0.6 is 0 Å². The predicted octanol–water partition coefficient (Wildman–Crippen LogP) is 2.08. The van der Waals surface area contributed by atoms with Crippen molar-refractivity contribution in [3.63, 3.8) is 0 Å². The van der Waals surface area contributed by atoms with Gasteiger partial charge in [-0.15, -0.1) is 0 Å². The van der Waals surface area contributed by atoms with Gasteiger partial charge in [-0.3, -0.25) is 4.79 Å². The Kier molecular flexibility index (Phi) is 3.42. The fourth-order valence-corrected chi connectivity index (χ4v) is 4.12. The molecule has 0 aromatic carbocycles. The maximum Gasteiger partial charge on any atom is 0.240 e. The van der Waals surface area contributed by atoms with E-state index in [1.165, 1.54) is 25.7 Å². The first kappa shape index (κ1) is 12.2. The molecule has 100 valence electrons. The van der Waals surface area contributed by atoms with Gasteiger partial charge in [0.15, 0.2) is 0 Å². The molecule has 1 N–H and O–H groups in total. The quantitative estimate of drug-likeness (QED) is 0.759. The van der Waals surface area contributed by atoms with Crippen molar-refractivity contribution in [3.05, 3.63) is 12.2 Å². The number of carbonyl (C=O) groups excluding carboxylic acids is 1. The second-order valence-electron chi connectivity index (χ2n) is 6.02. The molecule has 3 rings (SSSR count). The van der Waals surface area contributed by atoms with E-state index < -0.39 is 0 Å². The van der Waals surface area contributed by atoms with Gasteiger partial charge in [0.25, 0.3) is 0 Å². The van der Waals surface area contributed by atoms with Gasteiger partial charge in [0.05, 0.1) is 6.04 Å². The molecule has 1 saturated heterocycles. The number of rotatable bonds is 2. The van der Waals surface area contributed by atoms with Crippen LogP contribution in [0.2, 0.25) is 0 Å². The maximum absolute atomic E-state index is 12.7. The smallest absolute Gasteiger partial charge is 0.240 e. The Morgan fingerprint density at radius 3 is 2.67 bits per heavy atom. The number of fused-ring (bicyclic) bond motifs is 1. The third-order valence-corrected chi connectivity index (χ3v) is 5.08. The lowest BCUT2D eigenvalue weighted by Crippen LogP contribution is -2.52. The Morgan fingerprint density at radius 1 is 1.17 bits per heavy atom. The summed E-state index contributed by atoms with van der Waals surface area (Å²) < 4.78 is 0. The summed E-state index contributed by atoms with van der Waals surface area (Å²) in [6.07, 6.45) is 12.7. The zero-order valence-corrected chi connectivity index (χ0v) is 11.3. The third kappa shape index (κ3) is 1.99. The summed E-state index contributed by atoms with van der Waals surface area (Å²) in [4.78, 5) is 15.0. The summed E-state index contributed by atoms with van der Waals surface area (Å²) in [6, 6.07) is 1.02. The average molecular weight is 248 g/mol. The molecule has 3 heteroatoms. The summed E-state index contributed by atoms with van der Waals surface area (Å²) >= 11 is 0. The van der Waals surface area contributed by atoms with Gasteiger partial charge in [-0.25, -0.2) is 0 Å². The van der Waals surface area contributed by atoms with E-state index in [0.717, 1.165) is 25.2 Å². The van der Waals surface area contributed by atoms with Crippen LogP contribution in [0.25, 0.3) is 0 Å². The molecule has 1 heterocycles. The van der Waals surface area contributed by atoms with Gasteiger partial charge in [-0.2, -0.15) is 0 Å². The number of nitrogens with zero attached hydrogens (tertiary/aromatic N) is 1. The molecule has 1 amide bonds. The van der Waals surface area contributed by atoms with Gasteiger partial charge in [0.1, 0.15) is 0 Å². The number of nitrogens with one attached hydrogen (secondary N) is 1. The normalized spacial score (nSPS) is 37.1. The van der Waals surface area contributed by atoms with E-state index in [2.05, 4.69) is 22.4 Å². The average Bonchev–Trinajstić information content (AvgIpc) is 3.01. The number of likely N-dealkylation sites (tertiary alicyclic amines) is 1. The minimum absolute atomic E-state index is 0.0520. The molecule has 0 spiro atoms. The molecule has 1 saturated carbocycles. The minimum atomic E-state index is 0.0520. The van der Waals surface area contributed by atoms with E-state index in [-0.39, 0.29) is 6.04 Å². The van der Waals surface area contributed by atoms with Crippen LogP contribution in [0.3, 0.4) is 0 Å². The first-order valence-electron chi connectivity index (χ1n) is 7.45. The van der Waals surface area contributed by atoms with Gasteiger partial charge < -0.3 is 10.2 Å². The number of carbonyl (C=O) groups is 1. The second kappa shape index (κ2) is 5.04. The van der Waals surface area contributed by atoms with Gasteiger partial charge >= 0.3 is 0 Å². The lowest BCUT2D eigenvalue weighted by Gasteiger charge is -2.37. The molecule has 0 aromatic heterocycles. The fraction of sp³-hybridized carbons (Fsp3) is 0.800. The van der Waals surface area contributed by atoms with Crippen LogP contribution in [0.4, 0.5) is 0 Å². The number of hydrogen-bond acceptors (Lipinski definition) is 2. The summed E-state index contributed by atoms with van der Waals surface area (Å²) in [7, 11) is 1.93. The van der Waals surface area contributed by atoms with Crippen LogP contribution in [0.1, 0.15) is 44.9 Å². The highest BCUT2D eigenvalue weighted by molar-refractivity contribution is 5.83. The van der Waals surface area contributed by atoms with Crippen molar-refractivity contribution in [1.82, 2.24) is 10.2 Å². The maximum atomic E-state index is 12.7. The van der Waals surface area contributed by atoms with Crippen LogP contribution < -0.4 is 5.32 Å². The van der Waals surface area contributed by atoms with Crippen LogP contribution in [0, 0.1) is 5.92 Å². The monoisotopic (exact) mass is 248 g/mol. The van der Waals surface area contributed by atoms with E-state index in [9.17, 15) is 4.79 Å². The minimum Gasteiger partial charge on any atom is -0.334 e. The van der Waals surface area contributed by atoms with Crippen LogP contribution in [0.5, 0.6) is 0 Å². The zero-order chi connectivity index (χ0) is 12.5. The van der Waals surface area contributed by atoms with Gasteiger partial charge in [0.2, 0.25) is 5.91 Å². The molecular weight excluding hydrogens is 224 g/mol. The largest absolute Gasteiger partial charge is 0.334 e. The van der Waals surface area contributed by atoms with Gasteiger partial charge in [-0.1, -0.05) is 18.6 Å². The lowest BCUT2D eigenvalue weighted by atomic mass is 9.96. The van der Waals surface area contributed by atoms with Crippen molar-refractivity contribution < 1.29 is 4.79 Å². The van der Waals surface area contributed by atoms with Crippen LogP contribution in [0.15, 0.2) is 12.2 Å². The fourth-order valence-electron chi connectivity index (χ4n) is 4.12. The standard InChI is InChI=1S/C15H24N2O/c1-16-13-10-9-11-5-4-8-14(11)17(15(13)18)12-6-2-3-7-12/h2-3,11-14,16H,4-10H2,1H3. The van der Waals surface area contributed by atoms with Crippen LogP contribution in [-0.4, -0.2) is 36.0 Å². The van der Waals surface area contributed by atoms with Crippen molar-refractivity contribution in [2.45, 2.75) is 63.1 Å². The Labute approximate surface area is 110 Å². The summed E-state index contributed by atoms with van der Waals surface area (Å²) in [5, 5.41) is 3.22. The van der Waals surface area contributed by atoms with Crippen molar-refractivity contribution >= 4 is 5.91 Å². The van der Waals surface area contributed by atoms with Crippen molar-refractivity contribution in [1.29, 1.82) is 0 Å². The molecule has 3 unspecified atom stereocenters. The first-order chi connectivity index (χ1) is 8.81. The van der Waals surface area contributed by atoms with Crippen LogP contribution in [-0.2, 0) is 4.79 Å². The molecule has 3 atom stereocenters. The second-order valence-corrected chi connectivity index (χ2v) is 6.02. The molecular formula is C15H24N2O. The topological polar surface area (TPSA) is 32.3 Å². The lowest BCUT2D eigenvalue weighted by molar-refractivity contribution is -0.137. The SMILES string of the molecule is CNC1CCC2CCCC2N(C2CC=CC2)C1=O. The molecule has 0 aromatic rings. The Hall–Kier alpha value is -0.830. The van der Waals surface area contributed by atoms with E-state index >= 15 is 0 Å². The highest BCUT2D eigenvalue weighted by Crippen LogP contribution is 2.39. The predicted molar refractivity (Wildman–Crippen MR) is 72.2 cm³/mol. The van der Waals surface area contributed by atoms with E-state index in [0.29, 0.717) is 18.0 Å². The number of likely N-dealkylation sites (N-methyl/N-ethyl adjacent to an activating group) is 1. The highest BCUT2D eigenvalue weighted by Gasteiger charge is 2.42. The molecule has 1 aliphatic heterocycles. The van der Waals surface area contributed by atoms with Gasteiger partial charge in [0, 0.05) is 12.1 Å². The molecule has 3 nitrogen and oxygen atoms in total. The zero-order valence-electron chi connectivity index (χ0n) is 11.3. The Morgan fingerprint density at radius 2 is 1.94 bits per heavy atom. The summed E-state index contributed by atoms with van der Waals surface area (Å²) in [5.74, 6) is 1.12. The van der Waals surface area contributed by atoms with E-state index in [1.807, 2.05) is 7.05 Å². The Balaban J connectivity index is 1.85. The molecule has 2 fully saturated rings. The highest BCUT2D eigenvalue weighted by atomic mass is 16.2. The van der Waals surface area contributed by atoms with Crippen molar-refractivity contribution in [2.75, 3.05) is 7.05 Å². The summed E-state index contributed by atoms with van der Waals surface area (Å²) in [5.41, 5.74) is 0. The van der Waals surface area contributed by atoms with Crippen molar-refractivity contribution in [3.8, 4) is 0 Å². The van der Waals surface area contributed by atoms with Crippen molar-refractivity contribution in [2.24, 2.45) is 5.92 Å². The molecule has 2 aliphatic carbocycles. The number of amides is 1. The van der Waals surface area contributed by atoms with Gasteiger partial charge in [-0.05, 0) is 51.5 Å².